The zero-order valence-electron chi connectivity index (χ0n) is 9.38. The Morgan fingerprint density at radius 3 is 2.47 bits per heavy atom. The maximum Gasteiger partial charge on any atom is 0.203 e. The smallest absolute Gasteiger partial charge is 0.203 e. The average Bonchev–Trinajstić information content (AvgIpc) is 2.58. The van der Waals surface area contributed by atoms with E-state index in [1.54, 1.807) is 12.1 Å². The second-order valence-corrected chi connectivity index (χ2v) is 6.66. The minimum Gasteiger partial charge on any atom is -0.288 e. The summed E-state index contributed by atoms with van der Waals surface area (Å²) in [6.07, 6.45) is 0. The largest absolute Gasteiger partial charge is 0.288 e. The Balaban J connectivity index is 2.43. The molecule has 0 unspecified atom stereocenters. The van der Waals surface area contributed by atoms with E-state index >= 15 is 0 Å². The Morgan fingerprint density at radius 1 is 1.24 bits per heavy atom. The van der Waals surface area contributed by atoms with Crippen molar-refractivity contribution in [3.63, 3.8) is 0 Å². The third-order valence-corrected chi connectivity index (χ3v) is 4.88. The number of hydrogen-bond acceptors (Lipinski definition) is 2. The number of halogens is 2. The molecule has 0 fully saturated rings. The number of carbonyl (C=O) groups is 1. The highest BCUT2D eigenvalue weighted by Crippen LogP contribution is 2.29. The highest BCUT2D eigenvalue weighted by Gasteiger charge is 2.15. The molecule has 1 aromatic heterocycles. The lowest BCUT2D eigenvalue weighted by atomic mass is 10.0. The van der Waals surface area contributed by atoms with Crippen LogP contribution in [0.4, 0.5) is 0 Å². The van der Waals surface area contributed by atoms with Gasteiger partial charge in [-0.15, -0.1) is 11.3 Å². The monoisotopic (exact) mass is 328 g/mol. The molecule has 0 bridgehead atoms. The summed E-state index contributed by atoms with van der Waals surface area (Å²) in [5.74, 6) is 0.0537. The van der Waals surface area contributed by atoms with Gasteiger partial charge in [-0.3, -0.25) is 4.79 Å². The molecule has 0 atom stereocenters. The third-order valence-electron chi connectivity index (χ3n) is 2.51. The van der Waals surface area contributed by atoms with Crippen molar-refractivity contribution in [3.05, 3.63) is 54.6 Å². The zero-order valence-corrected chi connectivity index (χ0v) is 12.5. The van der Waals surface area contributed by atoms with Crippen LogP contribution in [0, 0.1) is 13.8 Å². The van der Waals surface area contributed by atoms with Gasteiger partial charge in [0.25, 0.3) is 0 Å². The molecule has 88 valence electrons. The van der Waals surface area contributed by atoms with Crippen molar-refractivity contribution < 1.29 is 4.79 Å². The highest BCUT2D eigenvalue weighted by atomic mass is 79.9. The fourth-order valence-corrected chi connectivity index (χ4v) is 3.30. The van der Waals surface area contributed by atoms with Gasteiger partial charge in [0, 0.05) is 10.6 Å². The number of carbonyl (C=O) groups excluding carboxylic acids is 1. The van der Waals surface area contributed by atoms with Crippen molar-refractivity contribution in [1.29, 1.82) is 0 Å². The van der Waals surface area contributed by atoms with Crippen LogP contribution in [-0.2, 0) is 0 Å². The quantitative estimate of drug-likeness (QED) is 0.708. The topological polar surface area (TPSA) is 17.1 Å². The predicted octanol–water partition coefficient (Wildman–Crippen LogP) is 5.01. The van der Waals surface area contributed by atoms with Gasteiger partial charge in [-0.1, -0.05) is 11.6 Å². The molecule has 0 aliphatic carbocycles. The van der Waals surface area contributed by atoms with Crippen LogP contribution >= 0.6 is 38.9 Å². The molecule has 0 saturated heterocycles. The van der Waals surface area contributed by atoms with E-state index in [9.17, 15) is 4.79 Å². The van der Waals surface area contributed by atoms with E-state index in [4.69, 9.17) is 11.6 Å². The fourth-order valence-electron chi connectivity index (χ4n) is 1.59. The summed E-state index contributed by atoms with van der Waals surface area (Å²) in [6, 6.07) is 7.25. The first-order valence-electron chi connectivity index (χ1n) is 5.06. The molecular formula is C13H10BrClOS. The van der Waals surface area contributed by atoms with Gasteiger partial charge in [0.2, 0.25) is 5.78 Å². The Bertz CT molecular complexity index is 570. The molecule has 0 spiro atoms. The summed E-state index contributed by atoms with van der Waals surface area (Å²) in [5.41, 5.74) is 2.71. The molecular weight excluding hydrogens is 320 g/mol. The number of aryl methyl sites for hydroxylation is 2. The summed E-state index contributed by atoms with van der Waals surface area (Å²) >= 11 is 10.8. The van der Waals surface area contributed by atoms with Gasteiger partial charge in [0.1, 0.15) is 0 Å². The van der Waals surface area contributed by atoms with Gasteiger partial charge in [0.05, 0.1) is 8.66 Å². The van der Waals surface area contributed by atoms with Crippen molar-refractivity contribution in [2.45, 2.75) is 13.8 Å². The predicted molar refractivity (Wildman–Crippen MR) is 76.4 cm³/mol. The lowest BCUT2D eigenvalue weighted by Gasteiger charge is -2.03. The molecule has 0 amide bonds. The average molecular weight is 330 g/mol. The standard InChI is InChI=1S/C13H10BrClOS/c1-7-5-9(15)3-4-10(7)12(16)11-6-8(2)13(14)17-11/h3-6H,1-2H3. The zero-order chi connectivity index (χ0) is 12.6. The van der Waals surface area contributed by atoms with Crippen LogP contribution in [0.25, 0.3) is 0 Å². The molecule has 1 heterocycles. The molecule has 1 nitrogen and oxygen atoms in total. The van der Waals surface area contributed by atoms with E-state index in [1.165, 1.54) is 11.3 Å². The summed E-state index contributed by atoms with van der Waals surface area (Å²) in [7, 11) is 0. The first-order chi connectivity index (χ1) is 7.99. The second-order valence-electron chi connectivity index (χ2n) is 3.86. The molecule has 0 N–H and O–H groups in total. The Labute approximate surface area is 118 Å². The lowest BCUT2D eigenvalue weighted by molar-refractivity contribution is 0.104. The summed E-state index contributed by atoms with van der Waals surface area (Å²) in [6.45, 7) is 3.88. The first kappa shape index (κ1) is 12.8. The van der Waals surface area contributed by atoms with Gasteiger partial charge in [-0.05, 0) is 65.2 Å². The van der Waals surface area contributed by atoms with Crippen molar-refractivity contribution in [2.24, 2.45) is 0 Å². The maximum absolute atomic E-state index is 12.3. The Kier molecular flexibility index (Phi) is 3.71. The molecule has 2 rings (SSSR count). The molecule has 2 aromatic rings. The van der Waals surface area contributed by atoms with Crippen LogP contribution in [0.3, 0.4) is 0 Å². The van der Waals surface area contributed by atoms with Crippen LogP contribution in [0.1, 0.15) is 26.4 Å². The molecule has 1 aromatic carbocycles. The summed E-state index contributed by atoms with van der Waals surface area (Å²) < 4.78 is 1.01. The van der Waals surface area contributed by atoms with E-state index in [2.05, 4.69) is 15.9 Å². The Morgan fingerprint density at radius 2 is 1.94 bits per heavy atom. The van der Waals surface area contributed by atoms with Crippen LogP contribution in [0.15, 0.2) is 28.1 Å². The van der Waals surface area contributed by atoms with Crippen molar-refractivity contribution in [3.8, 4) is 0 Å². The SMILES string of the molecule is Cc1cc(Cl)ccc1C(=O)c1cc(C)c(Br)s1. The number of thiophene rings is 1. The first-order valence-corrected chi connectivity index (χ1v) is 7.04. The molecule has 17 heavy (non-hydrogen) atoms. The molecule has 0 radical (unpaired) electrons. The van der Waals surface area contributed by atoms with E-state index in [1.807, 2.05) is 26.0 Å². The summed E-state index contributed by atoms with van der Waals surface area (Å²) in [4.78, 5) is 13.0. The number of benzene rings is 1. The van der Waals surface area contributed by atoms with E-state index in [0.717, 1.165) is 19.8 Å². The maximum atomic E-state index is 12.3. The van der Waals surface area contributed by atoms with Gasteiger partial charge in [0.15, 0.2) is 0 Å². The third kappa shape index (κ3) is 2.62. The Hall–Kier alpha value is -0.640. The normalized spacial score (nSPS) is 10.6. The minimum atomic E-state index is 0.0537. The van der Waals surface area contributed by atoms with Gasteiger partial charge in [-0.25, -0.2) is 0 Å². The van der Waals surface area contributed by atoms with Crippen molar-refractivity contribution >= 4 is 44.7 Å². The molecule has 0 aliphatic rings. The number of hydrogen-bond donors (Lipinski definition) is 0. The van der Waals surface area contributed by atoms with E-state index in [0.29, 0.717) is 10.6 Å². The minimum absolute atomic E-state index is 0.0537. The summed E-state index contributed by atoms with van der Waals surface area (Å²) in [5, 5.41) is 0.655. The van der Waals surface area contributed by atoms with Crippen molar-refractivity contribution in [2.75, 3.05) is 0 Å². The highest BCUT2D eigenvalue weighted by molar-refractivity contribution is 9.11. The van der Waals surface area contributed by atoms with Crippen LogP contribution in [-0.4, -0.2) is 5.78 Å². The van der Waals surface area contributed by atoms with E-state index in [-0.39, 0.29) is 5.78 Å². The fraction of sp³-hybridized carbons (Fsp3) is 0.154. The molecule has 0 saturated carbocycles. The van der Waals surface area contributed by atoms with Crippen molar-refractivity contribution in [1.82, 2.24) is 0 Å². The molecule has 4 heteroatoms. The van der Waals surface area contributed by atoms with Crippen LogP contribution in [0.2, 0.25) is 5.02 Å². The van der Waals surface area contributed by atoms with Crippen LogP contribution < -0.4 is 0 Å². The van der Waals surface area contributed by atoms with Crippen LogP contribution in [0.5, 0.6) is 0 Å². The second kappa shape index (κ2) is 4.92. The van der Waals surface area contributed by atoms with E-state index < -0.39 is 0 Å². The van der Waals surface area contributed by atoms with Gasteiger partial charge >= 0.3 is 0 Å². The number of ketones is 1. The van der Waals surface area contributed by atoms with Gasteiger partial charge in [-0.2, -0.15) is 0 Å². The molecule has 0 aliphatic heterocycles. The lowest BCUT2D eigenvalue weighted by Crippen LogP contribution is -2.01. The number of rotatable bonds is 2. The van der Waals surface area contributed by atoms with Gasteiger partial charge < -0.3 is 0 Å².